The number of carboxylic acid groups (broad SMARTS) is 1. The van der Waals surface area contributed by atoms with Crippen molar-refractivity contribution in [2.45, 2.75) is 18.9 Å². The van der Waals surface area contributed by atoms with Gasteiger partial charge in [-0.2, -0.15) is 0 Å². The van der Waals surface area contributed by atoms with Gasteiger partial charge in [-0.15, -0.1) is 0 Å². The summed E-state index contributed by atoms with van der Waals surface area (Å²) >= 11 is 0. The summed E-state index contributed by atoms with van der Waals surface area (Å²) in [5, 5.41) is 11.5. The summed E-state index contributed by atoms with van der Waals surface area (Å²) in [4.78, 5) is 22.8. The van der Waals surface area contributed by atoms with E-state index in [0.29, 0.717) is 11.3 Å². The molecule has 1 unspecified atom stereocenters. The number of nitrogens with one attached hydrogen (secondary N) is 1. The van der Waals surface area contributed by atoms with Gasteiger partial charge in [0.1, 0.15) is 6.04 Å². The van der Waals surface area contributed by atoms with Crippen molar-refractivity contribution in [3.63, 3.8) is 0 Å². The smallest absolute Gasteiger partial charge is 0.326 e. The highest BCUT2D eigenvalue weighted by atomic mass is 16.4. The molecule has 0 bridgehead atoms. The Morgan fingerprint density at radius 1 is 1.29 bits per heavy atom. The summed E-state index contributed by atoms with van der Waals surface area (Å²) in [5.74, 6) is -1.27. The summed E-state index contributed by atoms with van der Waals surface area (Å²) in [6.07, 6.45) is 1.72. The van der Waals surface area contributed by atoms with Gasteiger partial charge in [0.2, 0.25) is 0 Å². The molecule has 1 amide bonds. The summed E-state index contributed by atoms with van der Waals surface area (Å²) in [5.41, 5.74) is 6.50. The molecule has 1 aliphatic carbocycles. The second-order valence-electron chi connectivity index (χ2n) is 4.25. The number of anilines is 1. The molecule has 1 aromatic carbocycles. The summed E-state index contributed by atoms with van der Waals surface area (Å²) in [7, 11) is 0. The van der Waals surface area contributed by atoms with Gasteiger partial charge in [-0.1, -0.05) is 0 Å². The van der Waals surface area contributed by atoms with Crippen molar-refractivity contribution in [3.05, 3.63) is 29.8 Å². The molecular weight excluding hydrogens is 220 g/mol. The van der Waals surface area contributed by atoms with Crippen LogP contribution in [0, 0.1) is 5.92 Å². The molecule has 17 heavy (non-hydrogen) atoms. The molecule has 1 aromatic rings. The van der Waals surface area contributed by atoms with Crippen LogP contribution in [-0.4, -0.2) is 23.0 Å². The zero-order valence-electron chi connectivity index (χ0n) is 9.22. The van der Waals surface area contributed by atoms with Crippen LogP contribution < -0.4 is 11.1 Å². The Morgan fingerprint density at radius 2 is 1.88 bits per heavy atom. The molecule has 1 atom stereocenters. The third-order valence-corrected chi connectivity index (χ3v) is 2.82. The van der Waals surface area contributed by atoms with Crippen molar-refractivity contribution >= 4 is 17.6 Å². The summed E-state index contributed by atoms with van der Waals surface area (Å²) in [6, 6.07) is 5.61. The topological polar surface area (TPSA) is 92.4 Å². The zero-order valence-corrected chi connectivity index (χ0v) is 9.22. The first-order valence-electron chi connectivity index (χ1n) is 5.47. The highest BCUT2D eigenvalue weighted by Gasteiger charge is 2.37. The van der Waals surface area contributed by atoms with Gasteiger partial charge in [0.15, 0.2) is 0 Å². The predicted octanol–water partition coefficient (Wildman–Crippen LogP) is 0.862. The van der Waals surface area contributed by atoms with E-state index in [2.05, 4.69) is 5.32 Å². The summed E-state index contributed by atoms with van der Waals surface area (Å²) in [6.45, 7) is 0. The Morgan fingerprint density at radius 3 is 2.35 bits per heavy atom. The molecule has 0 spiro atoms. The fourth-order valence-corrected chi connectivity index (χ4v) is 1.67. The molecule has 1 saturated carbocycles. The molecule has 90 valence electrons. The molecule has 0 saturated heterocycles. The summed E-state index contributed by atoms with van der Waals surface area (Å²) < 4.78 is 0. The molecular formula is C12H14N2O3. The standard InChI is InChI=1S/C12H14N2O3/c13-9-5-3-8(4-6-9)11(15)14-10(12(16)17)7-1-2-7/h3-7,10H,1-2,13H2,(H,14,15)(H,16,17). The number of carboxylic acids is 1. The number of nitrogen functional groups attached to an aromatic ring is 1. The van der Waals surface area contributed by atoms with Crippen molar-refractivity contribution in [1.82, 2.24) is 5.32 Å². The molecule has 0 heterocycles. The quantitative estimate of drug-likeness (QED) is 0.674. The molecule has 0 radical (unpaired) electrons. The number of hydrogen-bond acceptors (Lipinski definition) is 3. The highest BCUT2D eigenvalue weighted by molar-refractivity contribution is 5.96. The molecule has 4 N–H and O–H groups in total. The molecule has 5 heteroatoms. The second kappa shape index (κ2) is 4.45. The maximum absolute atomic E-state index is 11.8. The number of benzene rings is 1. The Kier molecular flexibility index (Phi) is 2.99. The van der Waals surface area contributed by atoms with Crippen LogP contribution in [0.2, 0.25) is 0 Å². The number of carbonyl (C=O) groups is 2. The lowest BCUT2D eigenvalue weighted by atomic mass is 10.1. The largest absolute Gasteiger partial charge is 0.480 e. The lowest BCUT2D eigenvalue weighted by molar-refractivity contribution is -0.139. The molecule has 1 aliphatic rings. The van der Waals surface area contributed by atoms with Crippen molar-refractivity contribution in [2.24, 2.45) is 5.92 Å². The fourth-order valence-electron chi connectivity index (χ4n) is 1.67. The van der Waals surface area contributed by atoms with E-state index >= 15 is 0 Å². The van der Waals surface area contributed by atoms with Crippen LogP contribution in [0.5, 0.6) is 0 Å². The van der Waals surface area contributed by atoms with Crippen LogP contribution >= 0.6 is 0 Å². The molecule has 5 nitrogen and oxygen atoms in total. The third-order valence-electron chi connectivity index (χ3n) is 2.82. The minimum absolute atomic E-state index is 0.0743. The maximum atomic E-state index is 11.8. The normalized spacial score (nSPS) is 16.2. The van der Waals surface area contributed by atoms with Gasteiger partial charge < -0.3 is 16.2 Å². The van der Waals surface area contributed by atoms with Crippen LogP contribution in [0.25, 0.3) is 0 Å². The Balaban J connectivity index is 2.04. The van der Waals surface area contributed by atoms with Crippen LogP contribution in [0.3, 0.4) is 0 Å². The van der Waals surface area contributed by atoms with Gasteiger partial charge >= 0.3 is 5.97 Å². The number of hydrogen-bond donors (Lipinski definition) is 3. The van der Waals surface area contributed by atoms with Crippen LogP contribution in [0.4, 0.5) is 5.69 Å². The van der Waals surface area contributed by atoms with Gasteiger partial charge in [-0.05, 0) is 43.0 Å². The average Bonchev–Trinajstić information content (AvgIpc) is 3.10. The van der Waals surface area contributed by atoms with Crippen molar-refractivity contribution < 1.29 is 14.7 Å². The first-order valence-corrected chi connectivity index (χ1v) is 5.47. The number of aliphatic carboxylic acids is 1. The van der Waals surface area contributed by atoms with Gasteiger partial charge in [-0.3, -0.25) is 4.79 Å². The average molecular weight is 234 g/mol. The number of amides is 1. The van der Waals surface area contributed by atoms with E-state index < -0.39 is 12.0 Å². The molecule has 1 fully saturated rings. The Labute approximate surface area is 98.6 Å². The van der Waals surface area contributed by atoms with Crippen molar-refractivity contribution in [1.29, 1.82) is 0 Å². The van der Waals surface area contributed by atoms with E-state index in [1.807, 2.05) is 0 Å². The minimum atomic E-state index is -0.976. The lowest BCUT2D eigenvalue weighted by Crippen LogP contribution is -2.42. The third kappa shape index (κ3) is 2.75. The van der Waals surface area contributed by atoms with Gasteiger partial charge in [0.25, 0.3) is 5.91 Å². The van der Waals surface area contributed by atoms with E-state index in [9.17, 15) is 9.59 Å². The number of carbonyl (C=O) groups excluding carboxylic acids is 1. The molecule has 0 aromatic heterocycles. The lowest BCUT2D eigenvalue weighted by Gasteiger charge is -2.13. The van der Waals surface area contributed by atoms with Crippen LogP contribution in [0.15, 0.2) is 24.3 Å². The van der Waals surface area contributed by atoms with Gasteiger partial charge in [0.05, 0.1) is 0 Å². The van der Waals surface area contributed by atoms with Crippen molar-refractivity contribution in [2.75, 3.05) is 5.73 Å². The number of nitrogens with two attached hydrogens (primary N) is 1. The Hall–Kier alpha value is -2.04. The highest BCUT2D eigenvalue weighted by Crippen LogP contribution is 2.32. The Bertz CT molecular complexity index is 438. The van der Waals surface area contributed by atoms with E-state index in [1.165, 1.54) is 0 Å². The number of rotatable bonds is 4. The monoisotopic (exact) mass is 234 g/mol. The van der Waals surface area contributed by atoms with Crippen LogP contribution in [0.1, 0.15) is 23.2 Å². The van der Waals surface area contributed by atoms with Gasteiger partial charge in [0, 0.05) is 11.3 Å². The van der Waals surface area contributed by atoms with E-state index in [0.717, 1.165) is 12.8 Å². The van der Waals surface area contributed by atoms with E-state index in [-0.39, 0.29) is 11.8 Å². The second-order valence-corrected chi connectivity index (χ2v) is 4.25. The van der Waals surface area contributed by atoms with Gasteiger partial charge in [-0.25, -0.2) is 4.79 Å². The van der Waals surface area contributed by atoms with E-state index in [1.54, 1.807) is 24.3 Å². The molecule has 0 aliphatic heterocycles. The van der Waals surface area contributed by atoms with Crippen LogP contribution in [-0.2, 0) is 4.79 Å². The first-order chi connectivity index (χ1) is 8.08. The predicted molar refractivity (Wildman–Crippen MR) is 62.5 cm³/mol. The van der Waals surface area contributed by atoms with Crippen molar-refractivity contribution in [3.8, 4) is 0 Å². The SMILES string of the molecule is Nc1ccc(C(=O)NC(C(=O)O)C2CC2)cc1. The maximum Gasteiger partial charge on any atom is 0.326 e. The fraction of sp³-hybridized carbons (Fsp3) is 0.333. The zero-order chi connectivity index (χ0) is 12.4. The minimum Gasteiger partial charge on any atom is -0.480 e. The van der Waals surface area contributed by atoms with E-state index in [4.69, 9.17) is 10.8 Å². The molecule has 2 rings (SSSR count). The first kappa shape index (κ1) is 11.4.